The number of nitrogen functional groups attached to an aromatic ring is 1. The monoisotopic (exact) mass is 521 g/mol. The number of hydrogen-bond donors (Lipinski definition) is 2. The minimum absolute atomic E-state index is 0.0182. The largest absolute Gasteiger partial charge is 0.480 e. The van der Waals surface area contributed by atoms with Gasteiger partial charge in [-0.3, -0.25) is 9.29 Å². The Morgan fingerprint density at radius 1 is 0.973 bits per heavy atom. The smallest absolute Gasteiger partial charge is 0.264 e. The zero-order valence-electron chi connectivity index (χ0n) is 19.7. The number of imidazole rings is 1. The Labute approximate surface area is 211 Å². The van der Waals surface area contributed by atoms with E-state index in [1.807, 2.05) is 41.8 Å². The first-order valence-electron chi connectivity index (χ1n) is 11.0. The number of aromatic nitrogens is 3. The topological polar surface area (TPSA) is 112 Å². The molecule has 5 aromatic rings. The van der Waals surface area contributed by atoms with Gasteiger partial charge in [0.05, 0.1) is 18.1 Å². The number of nitrogens with one attached hydrogen (secondary N) is 1. The lowest BCUT2D eigenvalue weighted by molar-refractivity contribution is 0.400. The molecule has 0 aliphatic carbocycles. The summed E-state index contributed by atoms with van der Waals surface area (Å²) < 4.78 is 62.5. The maximum Gasteiger partial charge on any atom is 0.264 e. The first-order chi connectivity index (χ1) is 17.7. The van der Waals surface area contributed by atoms with Crippen LogP contribution >= 0.6 is 0 Å². The summed E-state index contributed by atoms with van der Waals surface area (Å²) >= 11 is 0. The molecule has 0 aliphatic rings. The van der Waals surface area contributed by atoms with E-state index in [1.165, 1.54) is 19.4 Å². The second kappa shape index (κ2) is 9.17. The highest BCUT2D eigenvalue weighted by Gasteiger charge is 2.22. The van der Waals surface area contributed by atoms with Crippen molar-refractivity contribution in [2.45, 2.75) is 11.8 Å². The maximum atomic E-state index is 14.2. The van der Waals surface area contributed by atoms with Gasteiger partial charge in [-0.15, -0.1) is 0 Å². The van der Waals surface area contributed by atoms with Crippen LogP contribution in [0.4, 0.5) is 20.4 Å². The van der Waals surface area contributed by atoms with Gasteiger partial charge in [-0.25, -0.2) is 27.2 Å². The molecule has 0 saturated carbocycles. The summed E-state index contributed by atoms with van der Waals surface area (Å²) in [5, 5.41) is 0. The second-order valence-electron chi connectivity index (χ2n) is 8.31. The zero-order chi connectivity index (χ0) is 26.3. The van der Waals surface area contributed by atoms with E-state index in [0.29, 0.717) is 28.7 Å². The van der Waals surface area contributed by atoms with E-state index in [2.05, 4.69) is 14.7 Å². The van der Waals surface area contributed by atoms with Crippen molar-refractivity contribution in [2.75, 3.05) is 17.6 Å². The SMILES string of the molecule is COc1ncc(-c2ccc3nc(N)n(-c4ccc(C)cc4)c3c2)cc1NS(=O)(=O)c1ccc(F)cc1F. The predicted molar refractivity (Wildman–Crippen MR) is 137 cm³/mol. The standard InChI is InChI=1S/C26H21F2N5O3S/c1-15-3-7-19(8-4-15)33-23-12-16(5-9-21(23)31-26(33)29)17-11-22(25(36-2)30-14-17)32-37(34,35)24-10-6-18(27)13-20(24)28/h3-14,32H,1-2H3,(H2,29,31). The number of aryl methyl sites for hydroxylation is 1. The van der Waals surface area contributed by atoms with Crippen LogP contribution in [0.3, 0.4) is 0 Å². The van der Waals surface area contributed by atoms with Crippen molar-refractivity contribution in [2.24, 2.45) is 0 Å². The number of sulfonamides is 1. The van der Waals surface area contributed by atoms with E-state index in [4.69, 9.17) is 10.5 Å². The molecule has 0 fully saturated rings. The van der Waals surface area contributed by atoms with Gasteiger partial charge in [0.1, 0.15) is 22.2 Å². The van der Waals surface area contributed by atoms with Crippen LogP contribution in [-0.4, -0.2) is 30.1 Å². The summed E-state index contributed by atoms with van der Waals surface area (Å²) in [5.41, 5.74) is 10.8. The summed E-state index contributed by atoms with van der Waals surface area (Å²) in [5.74, 6) is -1.81. The van der Waals surface area contributed by atoms with Crippen LogP contribution in [0.2, 0.25) is 0 Å². The van der Waals surface area contributed by atoms with Crippen LogP contribution in [0.5, 0.6) is 5.88 Å². The zero-order valence-corrected chi connectivity index (χ0v) is 20.6. The number of nitrogens with zero attached hydrogens (tertiary/aromatic N) is 3. The molecule has 0 saturated heterocycles. The van der Waals surface area contributed by atoms with E-state index in [9.17, 15) is 17.2 Å². The molecule has 0 bridgehead atoms. The van der Waals surface area contributed by atoms with Gasteiger partial charge in [0, 0.05) is 23.5 Å². The minimum Gasteiger partial charge on any atom is -0.480 e. The number of fused-ring (bicyclic) bond motifs is 1. The van der Waals surface area contributed by atoms with Crippen molar-refractivity contribution in [3.63, 3.8) is 0 Å². The molecule has 2 heterocycles. The number of rotatable bonds is 6. The number of benzene rings is 3. The Kier molecular flexibility index (Phi) is 6.00. The number of methoxy groups -OCH3 is 1. The summed E-state index contributed by atoms with van der Waals surface area (Å²) in [6.45, 7) is 1.99. The van der Waals surface area contributed by atoms with Crippen LogP contribution in [0.1, 0.15) is 5.56 Å². The summed E-state index contributed by atoms with van der Waals surface area (Å²) in [6.07, 6.45) is 1.52. The molecule has 37 heavy (non-hydrogen) atoms. The summed E-state index contributed by atoms with van der Waals surface area (Å²) in [6, 6.07) is 17.0. The summed E-state index contributed by atoms with van der Waals surface area (Å²) in [4.78, 5) is 7.94. The highest BCUT2D eigenvalue weighted by Crippen LogP contribution is 2.33. The average Bonchev–Trinajstić information content (AvgIpc) is 3.19. The molecule has 0 aliphatic heterocycles. The molecule has 188 valence electrons. The lowest BCUT2D eigenvalue weighted by Crippen LogP contribution is -2.15. The van der Waals surface area contributed by atoms with Crippen molar-refractivity contribution in [1.29, 1.82) is 0 Å². The molecule has 0 radical (unpaired) electrons. The Morgan fingerprint density at radius 3 is 2.43 bits per heavy atom. The number of anilines is 2. The van der Waals surface area contributed by atoms with Crippen LogP contribution in [-0.2, 0) is 10.0 Å². The normalized spacial score (nSPS) is 11.6. The first-order valence-corrected chi connectivity index (χ1v) is 12.5. The van der Waals surface area contributed by atoms with Crippen molar-refractivity contribution >= 4 is 32.7 Å². The molecule has 0 amide bonds. The Bertz CT molecular complexity index is 1750. The van der Waals surface area contributed by atoms with Gasteiger partial charge in [0.2, 0.25) is 11.8 Å². The Balaban J connectivity index is 1.58. The van der Waals surface area contributed by atoms with Crippen molar-refractivity contribution < 1.29 is 21.9 Å². The van der Waals surface area contributed by atoms with Gasteiger partial charge in [-0.2, -0.15) is 0 Å². The van der Waals surface area contributed by atoms with Gasteiger partial charge in [0.25, 0.3) is 10.0 Å². The number of ether oxygens (including phenoxy) is 1. The molecule has 0 unspecified atom stereocenters. The molecular weight excluding hydrogens is 500 g/mol. The third kappa shape index (κ3) is 4.56. The fourth-order valence-electron chi connectivity index (χ4n) is 3.98. The van der Waals surface area contributed by atoms with Crippen LogP contribution in [0, 0.1) is 18.6 Å². The first kappa shape index (κ1) is 24.2. The van der Waals surface area contributed by atoms with Gasteiger partial charge in [0.15, 0.2) is 0 Å². The molecule has 11 heteroatoms. The second-order valence-corrected chi connectivity index (χ2v) is 9.96. The summed E-state index contributed by atoms with van der Waals surface area (Å²) in [7, 11) is -3.09. The molecule has 2 aromatic heterocycles. The molecule has 3 N–H and O–H groups in total. The van der Waals surface area contributed by atoms with Crippen molar-refractivity contribution in [3.05, 3.63) is 90.1 Å². The van der Waals surface area contributed by atoms with Gasteiger partial charge in [-0.1, -0.05) is 23.8 Å². The molecule has 0 atom stereocenters. The maximum absolute atomic E-state index is 14.2. The van der Waals surface area contributed by atoms with E-state index >= 15 is 0 Å². The fourth-order valence-corrected chi connectivity index (χ4v) is 5.09. The van der Waals surface area contributed by atoms with Gasteiger partial charge < -0.3 is 10.5 Å². The molecule has 3 aromatic carbocycles. The van der Waals surface area contributed by atoms with Crippen molar-refractivity contribution in [1.82, 2.24) is 14.5 Å². The van der Waals surface area contributed by atoms with Gasteiger partial charge in [-0.05, 0) is 55.0 Å². The number of nitrogens with two attached hydrogens (primary N) is 1. The van der Waals surface area contributed by atoms with Gasteiger partial charge >= 0.3 is 0 Å². The van der Waals surface area contributed by atoms with E-state index in [-0.39, 0.29) is 11.6 Å². The lowest BCUT2D eigenvalue weighted by Gasteiger charge is -2.13. The quantitative estimate of drug-likeness (QED) is 0.323. The third-order valence-corrected chi connectivity index (χ3v) is 7.18. The highest BCUT2D eigenvalue weighted by atomic mass is 32.2. The van der Waals surface area contributed by atoms with E-state index in [0.717, 1.165) is 28.9 Å². The van der Waals surface area contributed by atoms with E-state index in [1.54, 1.807) is 12.1 Å². The Morgan fingerprint density at radius 2 is 1.73 bits per heavy atom. The minimum atomic E-state index is -4.41. The van der Waals surface area contributed by atoms with Crippen LogP contribution in [0.15, 0.2) is 77.8 Å². The van der Waals surface area contributed by atoms with Crippen LogP contribution in [0.25, 0.3) is 27.8 Å². The average molecular weight is 522 g/mol. The Hall–Kier alpha value is -4.51. The number of halogens is 2. The lowest BCUT2D eigenvalue weighted by atomic mass is 10.1. The van der Waals surface area contributed by atoms with Crippen molar-refractivity contribution in [3.8, 4) is 22.7 Å². The fraction of sp³-hybridized carbons (Fsp3) is 0.0769. The third-order valence-electron chi connectivity index (χ3n) is 5.78. The predicted octanol–water partition coefficient (Wildman–Crippen LogP) is 5.07. The van der Waals surface area contributed by atoms with Crippen LogP contribution < -0.4 is 15.2 Å². The number of pyridine rings is 1. The molecule has 0 spiro atoms. The van der Waals surface area contributed by atoms with E-state index < -0.39 is 26.6 Å². The molecule has 5 rings (SSSR count). The highest BCUT2D eigenvalue weighted by molar-refractivity contribution is 7.92. The molecule has 8 nitrogen and oxygen atoms in total. The molecular formula is C26H21F2N5O3S. The number of hydrogen-bond acceptors (Lipinski definition) is 6.